The van der Waals surface area contributed by atoms with Crippen molar-refractivity contribution in [2.75, 3.05) is 11.9 Å². The molecule has 2 rings (SSSR count). The number of anilines is 1. The highest BCUT2D eigenvalue weighted by Gasteiger charge is 2.17. The molecule has 0 saturated carbocycles. The number of amides is 1. The third kappa shape index (κ3) is 3.79. The van der Waals surface area contributed by atoms with Gasteiger partial charge in [0, 0.05) is 0 Å². The first-order valence-electron chi connectivity index (χ1n) is 6.07. The Morgan fingerprint density at radius 3 is 2.48 bits per heavy atom. The molecule has 0 unspecified atom stereocenters. The molecule has 0 atom stereocenters. The molecular weight excluding hydrogens is 277 g/mol. The van der Waals surface area contributed by atoms with Crippen LogP contribution in [0.2, 0.25) is 0 Å². The quantitative estimate of drug-likeness (QED) is 0.887. The fourth-order valence-electron chi connectivity index (χ4n) is 1.70. The smallest absolute Gasteiger partial charge is 0.340 e. The average molecular weight is 289 g/mol. The molecule has 2 N–H and O–H groups in total. The molecule has 108 valence electrons. The summed E-state index contributed by atoms with van der Waals surface area (Å²) in [4.78, 5) is 22.7. The Morgan fingerprint density at radius 1 is 1.10 bits per heavy atom. The topological polar surface area (TPSA) is 75.6 Å². The van der Waals surface area contributed by atoms with Crippen LogP contribution in [-0.2, 0) is 4.79 Å². The fourth-order valence-corrected chi connectivity index (χ4v) is 1.70. The molecule has 0 saturated heterocycles. The molecule has 2 aromatic rings. The van der Waals surface area contributed by atoms with Crippen molar-refractivity contribution in [3.05, 3.63) is 59.9 Å². The zero-order chi connectivity index (χ0) is 15.2. The van der Waals surface area contributed by atoms with E-state index in [1.54, 1.807) is 30.3 Å². The lowest BCUT2D eigenvalue weighted by molar-refractivity contribution is -0.118. The van der Waals surface area contributed by atoms with Crippen molar-refractivity contribution in [3.63, 3.8) is 0 Å². The van der Waals surface area contributed by atoms with Crippen LogP contribution in [0.15, 0.2) is 48.5 Å². The Labute approximate surface area is 120 Å². The number of hydrogen-bond acceptors (Lipinski definition) is 3. The van der Waals surface area contributed by atoms with E-state index in [0.717, 1.165) is 6.07 Å². The number of carbonyl (C=O) groups is 2. The van der Waals surface area contributed by atoms with E-state index in [1.165, 1.54) is 12.1 Å². The van der Waals surface area contributed by atoms with E-state index in [2.05, 4.69) is 5.32 Å². The van der Waals surface area contributed by atoms with Gasteiger partial charge in [0.1, 0.15) is 17.1 Å². The minimum atomic E-state index is -1.45. The molecule has 0 aliphatic carbocycles. The molecule has 0 bridgehead atoms. The molecule has 2 aromatic carbocycles. The van der Waals surface area contributed by atoms with Gasteiger partial charge in [-0.2, -0.15) is 0 Å². The predicted molar refractivity (Wildman–Crippen MR) is 73.9 cm³/mol. The van der Waals surface area contributed by atoms with Crippen LogP contribution in [0.25, 0.3) is 0 Å². The van der Waals surface area contributed by atoms with Crippen molar-refractivity contribution in [3.8, 4) is 5.75 Å². The first-order chi connectivity index (χ1) is 10.1. The second-order valence-corrected chi connectivity index (χ2v) is 4.12. The van der Waals surface area contributed by atoms with Gasteiger partial charge in [0.05, 0.1) is 5.69 Å². The van der Waals surface area contributed by atoms with E-state index < -0.39 is 23.3 Å². The van der Waals surface area contributed by atoms with Gasteiger partial charge in [-0.3, -0.25) is 4.79 Å². The minimum Gasteiger partial charge on any atom is -0.484 e. The Hall–Kier alpha value is -2.89. The lowest BCUT2D eigenvalue weighted by Gasteiger charge is -2.10. The summed E-state index contributed by atoms with van der Waals surface area (Å²) in [6.45, 7) is -0.306. The number of aromatic carboxylic acids is 1. The molecule has 0 aliphatic heterocycles. The van der Waals surface area contributed by atoms with Gasteiger partial charge in [0.2, 0.25) is 0 Å². The molecule has 21 heavy (non-hydrogen) atoms. The maximum absolute atomic E-state index is 13.4. The van der Waals surface area contributed by atoms with Crippen molar-refractivity contribution in [1.29, 1.82) is 0 Å². The van der Waals surface area contributed by atoms with E-state index in [1.807, 2.05) is 0 Å². The summed E-state index contributed by atoms with van der Waals surface area (Å²) >= 11 is 0. The SMILES string of the molecule is O=C(COc1ccccc1)Nc1cccc(F)c1C(=O)O. The molecule has 0 radical (unpaired) electrons. The highest BCUT2D eigenvalue weighted by Crippen LogP contribution is 2.19. The fraction of sp³-hybridized carbons (Fsp3) is 0.0667. The Kier molecular flexibility index (Phi) is 4.50. The van der Waals surface area contributed by atoms with Crippen LogP contribution in [0.1, 0.15) is 10.4 Å². The molecule has 0 heterocycles. The van der Waals surface area contributed by atoms with Crippen LogP contribution in [0.4, 0.5) is 10.1 Å². The number of nitrogens with one attached hydrogen (secondary N) is 1. The van der Waals surface area contributed by atoms with E-state index in [-0.39, 0.29) is 12.3 Å². The van der Waals surface area contributed by atoms with Gasteiger partial charge in [-0.1, -0.05) is 24.3 Å². The zero-order valence-corrected chi connectivity index (χ0v) is 10.9. The van der Waals surface area contributed by atoms with Crippen LogP contribution in [0.3, 0.4) is 0 Å². The van der Waals surface area contributed by atoms with Crippen molar-refractivity contribution < 1.29 is 23.8 Å². The molecular formula is C15H12FNO4. The van der Waals surface area contributed by atoms with Crippen LogP contribution in [-0.4, -0.2) is 23.6 Å². The molecule has 0 aliphatic rings. The number of benzene rings is 2. The minimum absolute atomic E-state index is 0.107. The van der Waals surface area contributed by atoms with Crippen molar-refractivity contribution in [2.45, 2.75) is 0 Å². The summed E-state index contributed by atoms with van der Waals surface area (Å²) < 4.78 is 18.7. The second kappa shape index (κ2) is 6.51. The Bertz CT molecular complexity index is 658. The first kappa shape index (κ1) is 14.5. The zero-order valence-electron chi connectivity index (χ0n) is 10.9. The summed E-state index contributed by atoms with van der Waals surface area (Å²) in [5.74, 6) is -2.44. The molecule has 0 spiro atoms. The van der Waals surface area contributed by atoms with Gasteiger partial charge in [-0.15, -0.1) is 0 Å². The normalized spacial score (nSPS) is 9.95. The number of carboxylic acid groups (broad SMARTS) is 1. The summed E-state index contributed by atoms with van der Waals surface area (Å²) in [6, 6.07) is 12.3. The van der Waals surface area contributed by atoms with E-state index in [0.29, 0.717) is 5.75 Å². The predicted octanol–water partition coefficient (Wildman–Crippen LogP) is 2.54. The number of halogens is 1. The highest BCUT2D eigenvalue weighted by molar-refractivity contribution is 6.01. The monoisotopic (exact) mass is 289 g/mol. The molecule has 1 amide bonds. The van der Waals surface area contributed by atoms with Crippen LogP contribution < -0.4 is 10.1 Å². The summed E-state index contributed by atoms with van der Waals surface area (Å²) in [7, 11) is 0. The maximum atomic E-state index is 13.4. The van der Waals surface area contributed by atoms with Gasteiger partial charge in [-0.05, 0) is 24.3 Å². The number of ether oxygens (including phenoxy) is 1. The number of para-hydroxylation sites is 1. The van der Waals surface area contributed by atoms with Crippen molar-refractivity contribution >= 4 is 17.6 Å². The van der Waals surface area contributed by atoms with Gasteiger partial charge in [-0.25, -0.2) is 9.18 Å². The second-order valence-electron chi connectivity index (χ2n) is 4.12. The largest absolute Gasteiger partial charge is 0.484 e. The van der Waals surface area contributed by atoms with E-state index >= 15 is 0 Å². The van der Waals surface area contributed by atoms with Gasteiger partial charge < -0.3 is 15.2 Å². The standard InChI is InChI=1S/C15H12FNO4/c16-11-7-4-8-12(14(11)15(19)20)17-13(18)9-21-10-5-2-1-3-6-10/h1-8H,9H2,(H,17,18)(H,19,20). The molecule has 0 aromatic heterocycles. The third-order valence-corrected chi connectivity index (χ3v) is 2.61. The Balaban J connectivity index is 2.03. The van der Waals surface area contributed by atoms with E-state index in [4.69, 9.17) is 9.84 Å². The number of hydrogen-bond donors (Lipinski definition) is 2. The first-order valence-corrected chi connectivity index (χ1v) is 6.07. The average Bonchev–Trinajstić information content (AvgIpc) is 2.46. The lowest BCUT2D eigenvalue weighted by atomic mass is 10.1. The van der Waals surface area contributed by atoms with Crippen LogP contribution >= 0.6 is 0 Å². The van der Waals surface area contributed by atoms with Gasteiger partial charge in [0.15, 0.2) is 6.61 Å². The number of carboxylic acids is 1. The summed E-state index contributed by atoms with van der Waals surface area (Å²) in [5.41, 5.74) is -0.685. The van der Waals surface area contributed by atoms with E-state index in [9.17, 15) is 14.0 Å². The van der Waals surface area contributed by atoms with Crippen LogP contribution in [0.5, 0.6) is 5.75 Å². The van der Waals surface area contributed by atoms with Gasteiger partial charge in [0.25, 0.3) is 5.91 Å². The summed E-state index contributed by atoms with van der Waals surface area (Å²) in [5, 5.41) is 11.3. The lowest BCUT2D eigenvalue weighted by Crippen LogP contribution is -2.22. The summed E-state index contributed by atoms with van der Waals surface area (Å²) in [6.07, 6.45) is 0. The Morgan fingerprint density at radius 2 is 1.81 bits per heavy atom. The molecule has 0 fully saturated rings. The third-order valence-electron chi connectivity index (χ3n) is 2.61. The van der Waals surface area contributed by atoms with Gasteiger partial charge >= 0.3 is 5.97 Å². The maximum Gasteiger partial charge on any atom is 0.340 e. The number of carbonyl (C=O) groups excluding carboxylic acids is 1. The van der Waals surface area contributed by atoms with Crippen LogP contribution in [0, 0.1) is 5.82 Å². The molecule has 6 heteroatoms. The number of rotatable bonds is 5. The highest BCUT2D eigenvalue weighted by atomic mass is 19.1. The van der Waals surface area contributed by atoms with Crippen molar-refractivity contribution in [1.82, 2.24) is 0 Å². The van der Waals surface area contributed by atoms with Crippen molar-refractivity contribution in [2.24, 2.45) is 0 Å². The molecule has 5 nitrogen and oxygen atoms in total.